The molecule has 0 aliphatic heterocycles. The number of imidazole rings is 13. The van der Waals surface area contributed by atoms with Crippen molar-refractivity contribution < 1.29 is 0 Å². The molecule has 0 aliphatic carbocycles. The molecule has 22 aromatic rings. The van der Waals surface area contributed by atoms with E-state index >= 15 is 0 Å². The van der Waals surface area contributed by atoms with Crippen LogP contribution in [0, 0.1) is 41.5 Å². The van der Waals surface area contributed by atoms with Crippen LogP contribution in [-0.4, -0.2) is 97.8 Å². The molecule has 8 aromatic carbocycles. The lowest BCUT2D eigenvalue weighted by Crippen LogP contribution is -2.04. The molecule has 22 rings (SSSR count). The predicted octanol–water partition coefficient (Wildman–Crippen LogP) is 17.2. The van der Waals surface area contributed by atoms with Gasteiger partial charge >= 0.3 is 0 Å². The normalized spacial score (nSPS) is 12.5. The highest BCUT2D eigenvalue weighted by Gasteiger charge is 2.27. The number of nitrogens with zero attached hydrogens (tertiary/aromatic N) is 21. The van der Waals surface area contributed by atoms with E-state index < -0.39 is 0 Å². The SMILES string of the molecule is Cc1c2c(cc3c1n(C)c1nc4ccccc4n31)n1ccnc1n2C.Cc1c2c(cc3c1n(C)c1nccn31)n1ccnc1n2C.Cc1cccc2c1nc1n(C)c3c(C)c4c(cc3n21)nc(-c1c(C(C)C)cccc1C(C)C)n4C.Cc1cccc2c1nc1n(C)c3c(C)c4c(ccn4C)cc3n21. The number of hydrogen-bond acceptors (Lipinski definition) is 7. The molecule has 14 heterocycles. The number of hydrogen-bond donors (Lipinski definition) is 0. The largest absolute Gasteiger partial charge is 0.350 e. The molecule has 518 valence electrons. The van der Waals surface area contributed by atoms with Gasteiger partial charge in [-0.15, -0.1) is 0 Å². The molecule has 0 unspecified atom stereocenters. The molecule has 0 saturated carbocycles. The number of aromatic nitrogens is 21. The lowest BCUT2D eigenvalue weighted by atomic mass is 9.88. The predicted molar refractivity (Wildman–Crippen MR) is 422 cm³/mol. The maximum atomic E-state index is 5.30. The molecule has 0 N–H and O–H groups in total. The quantitative estimate of drug-likeness (QED) is 0.170. The van der Waals surface area contributed by atoms with Gasteiger partial charge in [-0.3, -0.25) is 26.4 Å². The third-order valence-electron chi connectivity index (χ3n) is 22.7. The van der Waals surface area contributed by atoms with Gasteiger partial charge in [0.05, 0.1) is 116 Å². The van der Waals surface area contributed by atoms with Gasteiger partial charge < -0.3 is 36.5 Å². The Bertz CT molecular complexity index is 7300. The molecular formula is C83H81N21. The third-order valence-corrected chi connectivity index (χ3v) is 22.7. The molecule has 0 bridgehead atoms. The van der Waals surface area contributed by atoms with Crippen molar-refractivity contribution in [1.82, 2.24) is 97.8 Å². The van der Waals surface area contributed by atoms with Crippen LogP contribution in [0.5, 0.6) is 0 Å². The van der Waals surface area contributed by atoms with Crippen molar-refractivity contribution in [3.05, 3.63) is 197 Å². The van der Waals surface area contributed by atoms with E-state index in [9.17, 15) is 0 Å². The summed E-state index contributed by atoms with van der Waals surface area (Å²) in [5.41, 5.74) is 36.0. The minimum absolute atomic E-state index is 0.420. The van der Waals surface area contributed by atoms with Crippen LogP contribution >= 0.6 is 0 Å². The fourth-order valence-electron chi connectivity index (χ4n) is 18.0. The molecule has 0 amide bonds. The molecular weight excluding hydrogens is 1290 g/mol. The summed E-state index contributed by atoms with van der Waals surface area (Å²) in [6, 6.07) is 39.0. The van der Waals surface area contributed by atoms with Crippen LogP contribution in [0.1, 0.15) is 84.0 Å². The lowest BCUT2D eigenvalue weighted by Gasteiger charge is -2.19. The summed E-state index contributed by atoms with van der Waals surface area (Å²) < 4.78 is 30.9. The third kappa shape index (κ3) is 8.27. The van der Waals surface area contributed by atoms with Crippen molar-refractivity contribution in [2.45, 2.75) is 81.1 Å². The van der Waals surface area contributed by atoms with Crippen LogP contribution in [0.3, 0.4) is 0 Å². The number of para-hydroxylation sites is 4. The highest BCUT2D eigenvalue weighted by atomic mass is 15.2. The van der Waals surface area contributed by atoms with Gasteiger partial charge in [-0.05, 0) is 136 Å². The summed E-state index contributed by atoms with van der Waals surface area (Å²) in [5, 5.41) is 1.28. The number of benzene rings is 8. The molecule has 14 aromatic heterocycles. The van der Waals surface area contributed by atoms with Crippen LogP contribution < -0.4 is 0 Å². The van der Waals surface area contributed by atoms with Crippen molar-refractivity contribution in [2.24, 2.45) is 56.4 Å². The lowest BCUT2D eigenvalue weighted by molar-refractivity contribution is 0.827. The van der Waals surface area contributed by atoms with Crippen LogP contribution in [0.2, 0.25) is 0 Å². The smallest absolute Gasteiger partial charge is 0.215 e. The van der Waals surface area contributed by atoms with Crippen molar-refractivity contribution in [1.29, 1.82) is 0 Å². The standard InChI is InChI=1S/C30H33N5.C19H16N6.C19H18N4.C15H14N6/c1-16(2)20-12-10-13-21(17(3)4)25(20)29-31-22-15-24-28(19(6)27(22)33(29)7)34(8)30-32-26-18(5)11-9-14-23(26)35(24)30;1-11-16-14(24-9-8-20-18(24)22(16)2)10-15-17(11)23(3)19-21-12-6-4-5-7-13(12)25(15)19;1-11-6-5-7-14-16(11)20-19-22(4)18-12(2)17-13(8-9-21(17)3)10-15(18)23(14)19;1-9-12-10(20-6-4-16-14(20)18(12)2)8-11-13(9)19(3)15-17-5-7-21(11)15/h9-17H,1-8H3;4-10H,1-3H3;5-10H,1-4H3;4-8H,1-3H3. The van der Waals surface area contributed by atoms with Crippen LogP contribution in [0.4, 0.5) is 0 Å². The molecule has 0 aliphatic rings. The molecule has 0 fully saturated rings. The number of rotatable bonds is 3. The van der Waals surface area contributed by atoms with Crippen molar-refractivity contribution in [3.8, 4) is 11.4 Å². The first-order chi connectivity index (χ1) is 50.1. The average Bonchev–Trinajstić information content (AvgIpc) is 1.57. The maximum Gasteiger partial charge on any atom is 0.215 e. The van der Waals surface area contributed by atoms with E-state index in [0.717, 1.165) is 79.1 Å². The van der Waals surface area contributed by atoms with Gasteiger partial charge in [0.15, 0.2) is 0 Å². The first kappa shape index (κ1) is 62.6. The summed E-state index contributed by atoms with van der Waals surface area (Å²) in [6.45, 7) is 22.1. The fourth-order valence-corrected chi connectivity index (χ4v) is 18.0. The highest BCUT2D eigenvalue weighted by molar-refractivity contribution is 6.06. The Morgan fingerprint density at radius 1 is 0.308 bits per heavy atom. The summed E-state index contributed by atoms with van der Waals surface area (Å²) in [6.07, 6.45) is 13.7. The molecule has 104 heavy (non-hydrogen) atoms. The van der Waals surface area contributed by atoms with Crippen molar-refractivity contribution in [2.75, 3.05) is 0 Å². The van der Waals surface area contributed by atoms with E-state index in [1.54, 1.807) is 0 Å². The average molecular weight is 1370 g/mol. The van der Waals surface area contributed by atoms with Gasteiger partial charge in [0, 0.05) is 127 Å². The van der Waals surface area contributed by atoms with Crippen molar-refractivity contribution in [3.63, 3.8) is 0 Å². The van der Waals surface area contributed by atoms with Crippen LogP contribution in [0.25, 0.3) is 167 Å². The van der Waals surface area contributed by atoms with Crippen LogP contribution in [0.15, 0.2) is 153 Å². The van der Waals surface area contributed by atoms with Crippen molar-refractivity contribution >= 4 is 156 Å². The van der Waals surface area contributed by atoms with Gasteiger partial charge in [-0.1, -0.05) is 82.3 Å². The van der Waals surface area contributed by atoms with E-state index in [-0.39, 0.29) is 0 Å². The Morgan fingerprint density at radius 2 is 0.702 bits per heavy atom. The topological polar surface area (TPSA) is 156 Å². The summed E-state index contributed by atoms with van der Waals surface area (Å²) >= 11 is 0. The van der Waals surface area contributed by atoms with E-state index in [1.807, 2.05) is 43.2 Å². The second-order valence-corrected chi connectivity index (χ2v) is 29.3. The Kier molecular flexibility index (Phi) is 13.3. The first-order valence-corrected chi connectivity index (χ1v) is 35.7. The minimum atomic E-state index is 0.420. The summed E-state index contributed by atoms with van der Waals surface area (Å²) in [5.74, 6) is 7.71. The zero-order chi connectivity index (χ0) is 71.8. The Morgan fingerprint density at radius 3 is 1.20 bits per heavy atom. The molecule has 0 radical (unpaired) electrons. The van der Waals surface area contributed by atoms with Gasteiger partial charge in [0.1, 0.15) is 5.82 Å². The first-order valence-electron chi connectivity index (χ1n) is 35.7. The van der Waals surface area contributed by atoms with E-state index in [1.165, 1.54) is 133 Å². The zero-order valence-corrected chi connectivity index (χ0v) is 62.0. The Labute approximate surface area is 596 Å². The van der Waals surface area contributed by atoms with Crippen LogP contribution in [-0.2, 0) is 56.4 Å². The van der Waals surface area contributed by atoms with E-state index in [4.69, 9.17) is 19.9 Å². The number of fused-ring (bicyclic) bond motifs is 26. The highest BCUT2D eigenvalue weighted by Crippen LogP contribution is 2.42. The van der Waals surface area contributed by atoms with E-state index in [2.05, 4.69) is 313 Å². The molecule has 21 nitrogen and oxygen atoms in total. The second-order valence-electron chi connectivity index (χ2n) is 29.3. The maximum absolute atomic E-state index is 5.30. The minimum Gasteiger partial charge on any atom is -0.350 e. The van der Waals surface area contributed by atoms with Gasteiger partial charge in [-0.2, -0.15) is 0 Å². The zero-order valence-electron chi connectivity index (χ0n) is 62.0. The Balaban J connectivity index is 0.0000000972. The van der Waals surface area contributed by atoms with Gasteiger partial charge in [0.2, 0.25) is 34.7 Å². The van der Waals surface area contributed by atoms with Gasteiger partial charge in [-0.25, -0.2) is 34.9 Å². The Hall–Kier alpha value is -12.4. The molecule has 0 saturated heterocycles. The fraction of sp³-hybridized carbons (Fsp3) is 0.241. The monoisotopic (exact) mass is 1370 g/mol. The second kappa shape index (κ2) is 22.1. The van der Waals surface area contributed by atoms with E-state index in [0.29, 0.717) is 11.8 Å². The molecule has 21 heteroatoms. The van der Waals surface area contributed by atoms with Gasteiger partial charge in [0.25, 0.3) is 0 Å². The molecule has 0 spiro atoms. The summed E-state index contributed by atoms with van der Waals surface area (Å²) in [4.78, 5) is 33.5. The number of aryl methyl sites for hydroxylation is 14. The molecule has 0 atom stereocenters. The summed E-state index contributed by atoms with van der Waals surface area (Å²) in [7, 11) is 16.8.